The molecule has 0 aromatic heterocycles. The van der Waals surface area contributed by atoms with E-state index < -0.39 is 0 Å². The van der Waals surface area contributed by atoms with E-state index in [1.807, 2.05) is 42.5 Å². The first-order valence-electron chi connectivity index (χ1n) is 9.44. The maximum Gasteiger partial charge on any atom is 0.253 e. The maximum atomic E-state index is 12.0. The summed E-state index contributed by atoms with van der Waals surface area (Å²) in [4.78, 5) is 17.8. The van der Waals surface area contributed by atoms with Gasteiger partial charge in [-0.15, -0.1) is 24.0 Å². The Morgan fingerprint density at radius 3 is 2.30 bits per heavy atom. The van der Waals surface area contributed by atoms with Gasteiger partial charge >= 0.3 is 0 Å². The molecule has 0 atom stereocenters. The van der Waals surface area contributed by atoms with Crippen molar-refractivity contribution >= 4 is 35.8 Å². The molecule has 30 heavy (non-hydrogen) atoms. The quantitative estimate of drug-likeness (QED) is 0.315. The minimum absolute atomic E-state index is 0. The molecule has 7 nitrogen and oxygen atoms in total. The number of nitrogens with zero attached hydrogens (tertiary/aromatic N) is 2. The van der Waals surface area contributed by atoms with Crippen LogP contribution in [0.3, 0.4) is 0 Å². The first-order valence-corrected chi connectivity index (χ1v) is 9.44. The van der Waals surface area contributed by atoms with Gasteiger partial charge in [-0.2, -0.15) is 0 Å². The second kappa shape index (κ2) is 12.9. The number of benzene rings is 2. The van der Waals surface area contributed by atoms with E-state index in [1.165, 1.54) is 0 Å². The van der Waals surface area contributed by atoms with Gasteiger partial charge in [0.15, 0.2) is 5.96 Å². The highest BCUT2D eigenvalue weighted by Gasteiger charge is 2.08. The van der Waals surface area contributed by atoms with Gasteiger partial charge in [0.05, 0.1) is 14.2 Å². The van der Waals surface area contributed by atoms with Gasteiger partial charge in [-0.3, -0.25) is 9.79 Å². The number of amides is 1. The molecule has 0 unspecified atom stereocenters. The third-order valence-electron chi connectivity index (χ3n) is 4.46. The van der Waals surface area contributed by atoms with Gasteiger partial charge in [0.25, 0.3) is 5.91 Å². The third kappa shape index (κ3) is 7.40. The Bertz CT molecular complexity index is 839. The number of halogens is 1. The third-order valence-corrected chi connectivity index (χ3v) is 4.46. The van der Waals surface area contributed by atoms with Crippen molar-refractivity contribution in [2.75, 3.05) is 41.9 Å². The number of hydrogen-bond acceptors (Lipinski definition) is 4. The molecule has 2 N–H and O–H groups in total. The van der Waals surface area contributed by atoms with Crippen molar-refractivity contribution in [1.82, 2.24) is 15.5 Å². The first-order chi connectivity index (χ1) is 14.0. The summed E-state index contributed by atoms with van der Waals surface area (Å²) in [7, 11) is 8.54. The SMILES string of the molecule is CN=C(NCCc1cc(OC)ccc1OC)NCc1ccc(C(=O)N(C)C)cc1.I. The molecule has 2 aromatic rings. The van der Waals surface area contributed by atoms with Gasteiger partial charge in [0, 0.05) is 39.8 Å². The number of guanidine groups is 1. The summed E-state index contributed by atoms with van der Waals surface area (Å²) >= 11 is 0. The van der Waals surface area contributed by atoms with E-state index in [2.05, 4.69) is 15.6 Å². The van der Waals surface area contributed by atoms with Crippen LogP contribution in [0.2, 0.25) is 0 Å². The number of carbonyl (C=O) groups is 1. The van der Waals surface area contributed by atoms with Crippen LogP contribution in [-0.2, 0) is 13.0 Å². The normalized spacial score (nSPS) is 10.6. The average Bonchev–Trinajstić information content (AvgIpc) is 2.75. The molecule has 0 spiro atoms. The van der Waals surface area contributed by atoms with E-state index in [1.54, 1.807) is 40.3 Å². The number of ether oxygens (including phenoxy) is 2. The molecule has 164 valence electrons. The maximum absolute atomic E-state index is 12.0. The summed E-state index contributed by atoms with van der Waals surface area (Å²) < 4.78 is 10.7. The second-order valence-electron chi connectivity index (χ2n) is 6.68. The van der Waals surface area contributed by atoms with E-state index in [9.17, 15) is 4.79 Å². The first kappa shape index (κ1) is 25.5. The Morgan fingerprint density at radius 1 is 1.03 bits per heavy atom. The molecule has 0 fully saturated rings. The zero-order chi connectivity index (χ0) is 21.2. The van der Waals surface area contributed by atoms with Crippen LogP contribution in [0.4, 0.5) is 0 Å². The Morgan fingerprint density at radius 2 is 1.73 bits per heavy atom. The molecular formula is C22H31IN4O3. The van der Waals surface area contributed by atoms with Crippen molar-refractivity contribution in [3.05, 3.63) is 59.2 Å². The molecule has 0 bridgehead atoms. The molecule has 2 rings (SSSR count). The lowest BCUT2D eigenvalue weighted by Gasteiger charge is -2.14. The fraction of sp³-hybridized carbons (Fsp3) is 0.364. The molecule has 0 radical (unpaired) electrons. The van der Waals surface area contributed by atoms with Crippen molar-refractivity contribution in [2.24, 2.45) is 4.99 Å². The summed E-state index contributed by atoms with van der Waals surface area (Å²) in [6.07, 6.45) is 0.766. The zero-order valence-electron chi connectivity index (χ0n) is 18.2. The van der Waals surface area contributed by atoms with E-state index in [0.29, 0.717) is 24.6 Å². The molecule has 0 saturated carbocycles. The Balaban J connectivity index is 0.00000450. The van der Waals surface area contributed by atoms with Gasteiger partial charge in [-0.05, 0) is 47.9 Å². The number of rotatable bonds is 8. The Hall–Kier alpha value is -2.49. The molecule has 0 aliphatic rings. The number of aliphatic imine (C=N–C) groups is 1. The summed E-state index contributed by atoms with van der Waals surface area (Å²) in [5.74, 6) is 2.35. The summed E-state index contributed by atoms with van der Waals surface area (Å²) in [6, 6.07) is 13.3. The van der Waals surface area contributed by atoms with Crippen LogP contribution in [0.25, 0.3) is 0 Å². The minimum Gasteiger partial charge on any atom is -0.497 e. The van der Waals surface area contributed by atoms with Gasteiger partial charge in [-0.1, -0.05) is 12.1 Å². The predicted molar refractivity (Wildman–Crippen MR) is 131 cm³/mol. The van der Waals surface area contributed by atoms with Crippen LogP contribution < -0.4 is 20.1 Å². The Labute approximate surface area is 195 Å². The fourth-order valence-corrected chi connectivity index (χ4v) is 2.82. The summed E-state index contributed by atoms with van der Waals surface area (Å²) in [5.41, 5.74) is 2.81. The molecular weight excluding hydrogens is 495 g/mol. The van der Waals surface area contributed by atoms with Gasteiger partial charge in [0.2, 0.25) is 0 Å². The average molecular weight is 526 g/mol. The molecule has 2 aromatic carbocycles. The van der Waals surface area contributed by atoms with Crippen molar-refractivity contribution in [3.63, 3.8) is 0 Å². The van der Waals surface area contributed by atoms with Crippen molar-refractivity contribution in [3.8, 4) is 11.5 Å². The standard InChI is InChI=1S/C22H30N4O3.HI/c1-23-22(24-13-12-18-14-19(28-4)10-11-20(18)29-5)25-15-16-6-8-17(9-7-16)21(27)26(2)3;/h6-11,14H,12-13,15H2,1-5H3,(H2,23,24,25);1H. The van der Waals surface area contributed by atoms with Crippen LogP contribution in [0.1, 0.15) is 21.5 Å². The number of hydrogen-bond donors (Lipinski definition) is 2. The predicted octanol–water partition coefficient (Wildman–Crippen LogP) is 2.93. The lowest BCUT2D eigenvalue weighted by atomic mass is 10.1. The van der Waals surface area contributed by atoms with Crippen LogP contribution in [0.15, 0.2) is 47.5 Å². The molecule has 0 heterocycles. The fourth-order valence-electron chi connectivity index (χ4n) is 2.82. The van der Waals surface area contributed by atoms with Gasteiger partial charge < -0.3 is 25.0 Å². The highest BCUT2D eigenvalue weighted by atomic mass is 127. The van der Waals surface area contributed by atoms with Crippen molar-refractivity contribution < 1.29 is 14.3 Å². The van der Waals surface area contributed by atoms with Crippen LogP contribution in [-0.4, -0.2) is 58.7 Å². The van der Waals surface area contributed by atoms with E-state index in [0.717, 1.165) is 29.0 Å². The second-order valence-corrected chi connectivity index (χ2v) is 6.68. The highest BCUT2D eigenvalue weighted by Crippen LogP contribution is 2.24. The molecule has 0 aliphatic heterocycles. The summed E-state index contributed by atoms with van der Waals surface area (Å²) in [6.45, 7) is 1.30. The lowest BCUT2D eigenvalue weighted by molar-refractivity contribution is 0.0827. The number of nitrogens with one attached hydrogen (secondary N) is 2. The molecule has 0 saturated heterocycles. The molecule has 8 heteroatoms. The van der Waals surface area contributed by atoms with E-state index >= 15 is 0 Å². The number of carbonyl (C=O) groups excluding carboxylic acids is 1. The topological polar surface area (TPSA) is 75.2 Å². The highest BCUT2D eigenvalue weighted by molar-refractivity contribution is 14.0. The van der Waals surface area contributed by atoms with Gasteiger partial charge in [0.1, 0.15) is 11.5 Å². The smallest absolute Gasteiger partial charge is 0.253 e. The monoisotopic (exact) mass is 526 g/mol. The lowest BCUT2D eigenvalue weighted by Crippen LogP contribution is -2.37. The van der Waals surface area contributed by atoms with Crippen LogP contribution in [0.5, 0.6) is 11.5 Å². The Kier molecular flexibility index (Phi) is 11.0. The minimum atomic E-state index is -0.00467. The molecule has 1 amide bonds. The van der Waals surface area contributed by atoms with E-state index in [-0.39, 0.29) is 29.9 Å². The zero-order valence-corrected chi connectivity index (χ0v) is 20.5. The largest absolute Gasteiger partial charge is 0.497 e. The van der Waals surface area contributed by atoms with Crippen molar-refractivity contribution in [2.45, 2.75) is 13.0 Å². The van der Waals surface area contributed by atoms with Crippen LogP contribution in [0, 0.1) is 0 Å². The number of methoxy groups -OCH3 is 2. The van der Waals surface area contributed by atoms with E-state index in [4.69, 9.17) is 9.47 Å². The van der Waals surface area contributed by atoms with Crippen LogP contribution >= 0.6 is 24.0 Å². The molecule has 0 aliphatic carbocycles. The van der Waals surface area contributed by atoms with Gasteiger partial charge in [-0.25, -0.2) is 0 Å². The van der Waals surface area contributed by atoms with Crippen molar-refractivity contribution in [1.29, 1.82) is 0 Å². The summed E-state index contributed by atoms with van der Waals surface area (Å²) in [5, 5.41) is 6.59.